The Kier molecular flexibility index (Phi) is 5.50. The van der Waals surface area contributed by atoms with Gasteiger partial charge in [0.2, 0.25) is 5.88 Å². The predicted molar refractivity (Wildman–Crippen MR) is 101 cm³/mol. The molecule has 3 aromatic rings. The van der Waals surface area contributed by atoms with Gasteiger partial charge in [0.05, 0.1) is 6.54 Å². The summed E-state index contributed by atoms with van der Waals surface area (Å²) < 4.78 is 1.28. The van der Waals surface area contributed by atoms with Gasteiger partial charge in [0.25, 0.3) is 11.5 Å². The van der Waals surface area contributed by atoms with Crippen LogP contribution >= 0.6 is 0 Å². The second kappa shape index (κ2) is 8.17. The first-order valence-electron chi connectivity index (χ1n) is 8.40. The van der Waals surface area contributed by atoms with E-state index >= 15 is 0 Å². The molecule has 1 amide bonds. The summed E-state index contributed by atoms with van der Waals surface area (Å²) >= 11 is 0. The first-order valence-corrected chi connectivity index (χ1v) is 8.40. The van der Waals surface area contributed by atoms with Gasteiger partial charge in [-0.15, -0.1) is 0 Å². The molecule has 0 aliphatic heterocycles. The van der Waals surface area contributed by atoms with Gasteiger partial charge in [-0.25, -0.2) is 0 Å². The summed E-state index contributed by atoms with van der Waals surface area (Å²) in [6, 6.07) is 17.9. The summed E-state index contributed by atoms with van der Waals surface area (Å²) in [6.07, 6.45) is 0. The minimum absolute atomic E-state index is 0.121. The van der Waals surface area contributed by atoms with Crippen LogP contribution in [0.25, 0.3) is 11.4 Å². The van der Waals surface area contributed by atoms with Crippen LogP contribution in [0.5, 0.6) is 5.88 Å². The Balaban J connectivity index is 2.14. The van der Waals surface area contributed by atoms with Crippen LogP contribution in [-0.4, -0.2) is 38.2 Å². The molecule has 142 valence electrons. The molecule has 0 spiro atoms. The molecule has 2 aromatic carbocycles. The largest absolute Gasteiger partial charge is 0.493 e. The monoisotopic (exact) mass is 379 g/mol. The molecule has 0 fully saturated rings. The van der Waals surface area contributed by atoms with Gasteiger partial charge in [0.1, 0.15) is 12.4 Å². The van der Waals surface area contributed by atoms with E-state index in [1.165, 1.54) is 4.57 Å². The Hall–Kier alpha value is -3.94. The third kappa shape index (κ3) is 4.07. The van der Waals surface area contributed by atoms with E-state index in [1.807, 2.05) is 30.3 Å². The Labute approximate surface area is 159 Å². The number of aromatic nitrogens is 2. The predicted octanol–water partition coefficient (Wildman–Crippen LogP) is 1.48. The van der Waals surface area contributed by atoms with E-state index in [0.717, 1.165) is 5.56 Å². The second-order valence-corrected chi connectivity index (χ2v) is 5.95. The molecule has 3 N–H and O–H groups in total. The van der Waals surface area contributed by atoms with Gasteiger partial charge < -0.3 is 15.5 Å². The first kappa shape index (κ1) is 18.8. The molecule has 0 radical (unpaired) electrons. The fourth-order valence-electron chi connectivity index (χ4n) is 2.71. The van der Waals surface area contributed by atoms with Gasteiger partial charge in [-0.05, 0) is 5.56 Å². The van der Waals surface area contributed by atoms with Gasteiger partial charge in [-0.1, -0.05) is 60.7 Å². The number of carbonyl (C=O) groups excluding carboxylic acids is 1. The maximum atomic E-state index is 13.0. The molecular weight excluding hydrogens is 362 g/mol. The highest BCUT2D eigenvalue weighted by atomic mass is 16.4. The molecule has 8 heteroatoms. The molecule has 0 aliphatic rings. The normalized spacial score (nSPS) is 10.4. The van der Waals surface area contributed by atoms with Crippen molar-refractivity contribution in [2.45, 2.75) is 6.54 Å². The van der Waals surface area contributed by atoms with E-state index in [-0.39, 0.29) is 12.4 Å². The van der Waals surface area contributed by atoms with Gasteiger partial charge in [0.15, 0.2) is 5.56 Å². The van der Waals surface area contributed by atoms with Crippen molar-refractivity contribution < 1.29 is 19.8 Å². The van der Waals surface area contributed by atoms with Crippen LogP contribution in [-0.2, 0) is 11.3 Å². The third-order valence-corrected chi connectivity index (χ3v) is 3.99. The topological polar surface area (TPSA) is 122 Å². The Bertz CT molecular complexity index is 1060. The Morgan fingerprint density at radius 2 is 1.61 bits per heavy atom. The number of benzene rings is 2. The van der Waals surface area contributed by atoms with E-state index in [1.54, 1.807) is 30.3 Å². The number of hydrogen-bond donors (Lipinski definition) is 3. The maximum absolute atomic E-state index is 13.0. The smallest absolute Gasteiger partial charge is 0.322 e. The summed E-state index contributed by atoms with van der Waals surface area (Å²) in [7, 11) is 0. The number of carboxylic acids is 1. The first-order chi connectivity index (χ1) is 13.5. The Morgan fingerprint density at radius 1 is 1.00 bits per heavy atom. The summed E-state index contributed by atoms with van der Waals surface area (Å²) in [5.41, 5.74) is 0.0180. The molecule has 8 nitrogen and oxygen atoms in total. The van der Waals surface area contributed by atoms with Crippen molar-refractivity contribution in [3.05, 3.63) is 82.1 Å². The number of rotatable bonds is 6. The number of aliphatic carboxylic acids is 1. The average molecular weight is 379 g/mol. The van der Waals surface area contributed by atoms with E-state index in [0.29, 0.717) is 5.56 Å². The zero-order valence-corrected chi connectivity index (χ0v) is 14.7. The molecule has 1 heterocycles. The summed E-state index contributed by atoms with van der Waals surface area (Å²) in [5.74, 6) is -2.83. The Morgan fingerprint density at radius 3 is 2.21 bits per heavy atom. The van der Waals surface area contributed by atoms with Crippen LogP contribution in [0.4, 0.5) is 0 Å². The molecule has 3 rings (SSSR count). The van der Waals surface area contributed by atoms with Crippen molar-refractivity contribution in [1.29, 1.82) is 0 Å². The number of nitrogens with zero attached hydrogens (tertiary/aromatic N) is 2. The minimum Gasteiger partial charge on any atom is -0.493 e. The van der Waals surface area contributed by atoms with Gasteiger partial charge in [0, 0.05) is 5.56 Å². The highest BCUT2D eigenvalue weighted by Gasteiger charge is 2.23. The van der Waals surface area contributed by atoms with Crippen molar-refractivity contribution in [3.63, 3.8) is 0 Å². The fourth-order valence-corrected chi connectivity index (χ4v) is 2.71. The van der Waals surface area contributed by atoms with Gasteiger partial charge >= 0.3 is 5.97 Å². The van der Waals surface area contributed by atoms with E-state index in [2.05, 4.69) is 10.3 Å². The highest BCUT2D eigenvalue weighted by molar-refractivity contribution is 5.97. The van der Waals surface area contributed by atoms with Crippen LogP contribution in [0.2, 0.25) is 0 Å². The molecular formula is C20H17N3O5. The maximum Gasteiger partial charge on any atom is 0.322 e. The van der Waals surface area contributed by atoms with Crippen LogP contribution in [0.15, 0.2) is 65.5 Å². The molecule has 0 bridgehead atoms. The summed E-state index contributed by atoms with van der Waals surface area (Å²) in [4.78, 5) is 40.0. The van der Waals surface area contributed by atoms with Crippen LogP contribution in [0.1, 0.15) is 15.9 Å². The van der Waals surface area contributed by atoms with Gasteiger partial charge in [-0.2, -0.15) is 4.98 Å². The number of carboxylic acid groups (broad SMARTS) is 1. The number of hydrogen-bond acceptors (Lipinski definition) is 5. The molecule has 0 atom stereocenters. The lowest BCUT2D eigenvalue weighted by Gasteiger charge is -2.15. The van der Waals surface area contributed by atoms with Crippen molar-refractivity contribution >= 4 is 11.9 Å². The average Bonchev–Trinajstić information content (AvgIpc) is 2.70. The number of aromatic hydroxyl groups is 1. The number of amides is 1. The SMILES string of the molecule is O=C(O)CNC(=O)c1c(O)nc(-c2ccccc2)n(Cc2ccccc2)c1=O. The van der Waals surface area contributed by atoms with Crippen molar-refractivity contribution in [3.8, 4) is 17.3 Å². The standard InChI is InChI=1S/C20H17N3O5/c24-15(25)11-21-18(26)16-19(27)22-17(14-9-5-2-6-10-14)23(20(16)28)12-13-7-3-1-4-8-13/h1-10,27H,11-12H2,(H,21,26)(H,24,25). The van der Waals surface area contributed by atoms with E-state index < -0.39 is 35.4 Å². The van der Waals surface area contributed by atoms with E-state index in [9.17, 15) is 19.5 Å². The lowest BCUT2D eigenvalue weighted by molar-refractivity contribution is -0.135. The van der Waals surface area contributed by atoms with Gasteiger partial charge in [-0.3, -0.25) is 19.0 Å². The van der Waals surface area contributed by atoms with Crippen LogP contribution < -0.4 is 10.9 Å². The number of nitrogens with one attached hydrogen (secondary N) is 1. The summed E-state index contributed by atoms with van der Waals surface area (Å²) in [5, 5.41) is 21.0. The quantitative estimate of drug-likeness (QED) is 0.596. The minimum atomic E-state index is -1.27. The van der Waals surface area contributed by atoms with E-state index in [4.69, 9.17) is 5.11 Å². The highest BCUT2D eigenvalue weighted by Crippen LogP contribution is 2.21. The van der Waals surface area contributed by atoms with Crippen molar-refractivity contribution in [2.75, 3.05) is 6.54 Å². The zero-order valence-electron chi connectivity index (χ0n) is 14.7. The lowest BCUT2D eigenvalue weighted by Crippen LogP contribution is -2.36. The zero-order chi connectivity index (χ0) is 20.1. The van der Waals surface area contributed by atoms with Crippen LogP contribution in [0, 0.1) is 0 Å². The molecule has 28 heavy (non-hydrogen) atoms. The van der Waals surface area contributed by atoms with Crippen molar-refractivity contribution in [1.82, 2.24) is 14.9 Å². The second-order valence-electron chi connectivity index (χ2n) is 5.95. The van der Waals surface area contributed by atoms with Crippen molar-refractivity contribution in [2.24, 2.45) is 0 Å². The fraction of sp³-hybridized carbons (Fsp3) is 0.100. The molecule has 0 saturated heterocycles. The molecule has 0 saturated carbocycles. The van der Waals surface area contributed by atoms with Crippen LogP contribution in [0.3, 0.4) is 0 Å². The lowest BCUT2D eigenvalue weighted by atomic mass is 10.1. The molecule has 0 aliphatic carbocycles. The summed E-state index contributed by atoms with van der Waals surface area (Å²) in [6.45, 7) is -0.562. The number of carbonyl (C=O) groups is 2. The third-order valence-electron chi connectivity index (χ3n) is 3.99. The molecule has 1 aromatic heterocycles. The molecule has 0 unspecified atom stereocenters.